The molecule has 0 atom stereocenters. The van der Waals surface area contributed by atoms with Crippen molar-refractivity contribution in [1.82, 2.24) is 0 Å². The zero-order valence-corrected chi connectivity index (χ0v) is 12.2. The van der Waals surface area contributed by atoms with E-state index in [2.05, 4.69) is 0 Å². The molecule has 0 amide bonds. The maximum absolute atomic E-state index is 11.3. The molecule has 114 valence electrons. The predicted molar refractivity (Wildman–Crippen MR) is 74.4 cm³/mol. The van der Waals surface area contributed by atoms with Crippen LogP contribution >= 0.6 is 0 Å². The van der Waals surface area contributed by atoms with Crippen molar-refractivity contribution in [3.05, 3.63) is 23.8 Å². The number of phenols is 1. The molecule has 0 saturated carbocycles. The van der Waals surface area contributed by atoms with E-state index in [-0.39, 0.29) is 22.0 Å². The maximum Gasteiger partial charge on any atom is 0.295 e. The maximum atomic E-state index is 11.3. The minimum atomic E-state index is -4.70. The van der Waals surface area contributed by atoms with Gasteiger partial charge >= 0.3 is 0 Å². The highest BCUT2D eigenvalue weighted by Crippen LogP contribution is 2.39. The molecule has 21 heavy (non-hydrogen) atoms. The average Bonchev–Trinajstić information content (AvgIpc) is 2.30. The molecule has 0 spiro atoms. The van der Waals surface area contributed by atoms with Gasteiger partial charge in [0, 0.05) is 22.0 Å². The van der Waals surface area contributed by atoms with Crippen LogP contribution in [-0.4, -0.2) is 31.0 Å². The van der Waals surface area contributed by atoms with Gasteiger partial charge in [-0.1, -0.05) is 0 Å². The minimum absolute atomic E-state index is 0.0140. The van der Waals surface area contributed by atoms with Crippen molar-refractivity contribution in [1.29, 1.82) is 0 Å². The molecule has 0 heterocycles. The van der Waals surface area contributed by atoms with Crippen LogP contribution in [0, 0.1) is 6.92 Å². The van der Waals surface area contributed by atoms with E-state index < -0.39 is 35.8 Å². The molecule has 0 fully saturated rings. The van der Waals surface area contributed by atoms with Crippen molar-refractivity contribution in [2.24, 2.45) is 0 Å². The number of anilines is 1. The number of hydrogen-bond donors (Lipinski definition) is 4. The second-order valence-electron chi connectivity index (χ2n) is 4.37. The summed E-state index contributed by atoms with van der Waals surface area (Å²) >= 11 is 0. The number of fused-ring (bicyclic) bond motifs is 1. The Morgan fingerprint density at radius 2 is 1.52 bits per heavy atom. The second-order valence-corrected chi connectivity index (χ2v) is 7.15. The van der Waals surface area contributed by atoms with E-state index in [9.17, 15) is 21.9 Å². The first-order valence-corrected chi connectivity index (χ1v) is 8.32. The summed E-state index contributed by atoms with van der Waals surface area (Å²) in [6.45, 7) is 1.22. The van der Waals surface area contributed by atoms with E-state index in [1.807, 2.05) is 0 Å². The SMILES string of the molecule is Cc1c(S(=O)(=O)O)cc2c(S(=O)(=O)O)ccc(N)c2c1O. The smallest absolute Gasteiger partial charge is 0.295 e. The van der Waals surface area contributed by atoms with Crippen LogP contribution in [0.5, 0.6) is 5.75 Å². The van der Waals surface area contributed by atoms with Crippen molar-refractivity contribution in [3.8, 4) is 5.75 Å². The molecule has 2 rings (SSSR count). The first-order chi connectivity index (χ1) is 9.44. The third-order valence-electron chi connectivity index (χ3n) is 3.03. The summed E-state index contributed by atoms with van der Waals surface area (Å²) in [4.78, 5) is -1.31. The molecule has 8 nitrogen and oxygen atoms in total. The van der Waals surface area contributed by atoms with Crippen LogP contribution in [0.1, 0.15) is 5.56 Å². The van der Waals surface area contributed by atoms with Crippen LogP contribution in [0.25, 0.3) is 10.8 Å². The summed E-state index contributed by atoms with van der Waals surface area (Å²) in [7, 11) is -9.38. The average molecular weight is 333 g/mol. The molecular formula is C11H11NO7S2. The number of benzene rings is 2. The summed E-state index contributed by atoms with van der Waals surface area (Å²) in [5.74, 6) is -0.594. The van der Waals surface area contributed by atoms with Crippen molar-refractivity contribution in [3.63, 3.8) is 0 Å². The van der Waals surface area contributed by atoms with Gasteiger partial charge in [-0.25, -0.2) is 0 Å². The first kappa shape index (κ1) is 15.5. The van der Waals surface area contributed by atoms with Gasteiger partial charge in [0.05, 0.1) is 0 Å². The Labute approximate surface area is 120 Å². The zero-order chi connectivity index (χ0) is 16.2. The Kier molecular flexibility index (Phi) is 3.37. The molecule has 0 aromatic heterocycles. The third-order valence-corrected chi connectivity index (χ3v) is 4.92. The van der Waals surface area contributed by atoms with Gasteiger partial charge in [0.1, 0.15) is 15.5 Å². The molecule has 5 N–H and O–H groups in total. The fourth-order valence-corrected chi connectivity index (χ4v) is 3.49. The molecular weight excluding hydrogens is 322 g/mol. The molecule has 0 radical (unpaired) electrons. The van der Waals surface area contributed by atoms with Crippen molar-refractivity contribution < 1.29 is 31.0 Å². The predicted octanol–water partition coefficient (Wildman–Crippen LogP) is 0.929. The Morgan fingerprint density at radius 1 is 1.00 bits per heavy atom. The molecule has 0 unspecified atom stereocenters. The van der Waals surface area contributed by atoms with Crippen LogP contribution < -0.4 is 5.73 Å². The van der Waals surface area contributed by atoms with E-state index in [0.717, 1.165) is 18.2 Å². The summed E-state index contributed by atoms with van der Waals surface area (Å²) in [6, 6.07) is 2.95. The van der Waals surface area contributed by atoms with Gasteiger partial charge in [-0.15, -0.1) is 0 Å². The van der Waals surface area contributed by atoms with Gasteiger partial charge in [0.2, 0.25) is 0 Å². The summed E-state index contributed by atoms with van der Waals surface area (Å²) in [6.07, 6.45) is 0. The lowest BCUT2D eigenvalue weighted by Crippen LogP contribution is -2.05. The Bertz CT molecular complexity index is 962. The van der Waals surface area contributed by atoms with E-state index in [0.29, 0.717) is 0 Å². The summed E-state index contributed by atoms with van der Waals surface area (Å²) in [5, 5.41) is 9.60. The Hall–Kier alpha value is -1.88. The highest BCUT2D eigenvalue weighted by molar-refractivity contribution is 7.86. The number of nitrogen functional groups attached to an aromatic ring is 1. The number of phenolic OH excluding ortho intramolecular Hbond substituents is 1. The molecule has 0 aliphatic rings. The largest absolute Gasteiger partial charge is 0.507 e. The van der Waals surface area contributed by atoms with E-state index >= 15 is 0 Å². The molecule has 2 aromatic rings. The Balaban J connectivity index is 3.16. The summed E-state index contributed by atoms with van der Waals surface area (Å²) < 4.78 is 63.6. The van der Waals surface area contributed by atoms with Crippen LogP contribution in [0.15, 0.2) is 28.0 Å². The number of hydrogen-bond acceptors (Lipinski definition) is 6. The quantitative estimate of drug-likeness (QED) is 0.467. The topological polar surface area (TPSA) is 155 Å². The molecule has 0 aliphatic carbocycles. The number of nitrogens with two attached hydrogens (primary N) is 1. The number of rotatable bonds is 2. The lowest BCUT2D eigenvalue weighted by molar-refractivity contribution is 0.466. The lowest BCUT2D eigenvalue weighted by Gasteiger charge is -2.13. The molecule has 0 bridgehead atoms. The molecule has 2 aromatic carbocycles. The third kappa shape index (κ3) is 2.53. The first-order valence-electron chi connectivity index (χ1n) is 5.44. The lowest BCUT2D eigenvalue weighted by atomic mass is 10.0. The Morgan fingerprint density at radius 3 is 2.00 bits per heavy atom. The van der Waals surface area contributed by atoms with Crippen molar-refractivity contribution in [2.45, 2.75) is 16.7 Å². The van der Waals surface area contributed by atoms with E-state index in [4.69, 9.17) is 14.8 Å². The second kappa shape index (κ2) is 4.56. The standard InChI is InChI=1S/C11H11NO7S2/c1-5-9(21(17,18)19)4-6-8(20(14,15)16)3-2-7(12)10(6)11(5)13/h2-4,13H,12H2,1H3,(H,14,15,16)(H,17,18,19). The van der Waals surface area contributed by atoms with Crippen LogP contribution in [0.3, 0.4) is 0 Å². The minimum Gasteiger partial charge on any atom is -0.507 e. The molecule has 0 aliphatic heterocycles. The van der Waals surface area contributed by atoms with Gasteiger partial charge in [-0.2, -0.15) is 16.8 Å². The summed E-state index contributed by atoms with van der Waals surface area (Å²) in [5.41, 5.74) is 5.44. The van der Waals surface area contributed by atoms with Crippen LogP contribution in [0.4, 0.5) is 5.69 Å². The van der Waals surface area contributed by atoms with Gasteiger partial charge in [-0.3, -0.25) is 9.11 Å². The highest BCUT2D eigenvalue weighted by Gasteiger charge is 2.24. The monoisotopic (exact) mass is 333 g/mol. The fraction of sp³-hybridized carbons (Fsp3) is 0.0909. The van der Waals surface area contributed by atoms with E-state index in [1.165, 1.54) is 6.92 Å². The normalized spacial score (nSPS) is 12.7. The highest BCUT2D eigenvalue weighted by atomic mass is 32.2. The fourth-order valence-electron chi connectivity index (χ4n) is 2.06. The van der Waals surface area contributed by atoms with Crippen molar-refractivity contribution >= 4 is 36.7 Å². The molecule has 10 heteroatoms. The van der Waals surface area contributed by atoms with Gasteiger partial charge < -0.3 is 10.8 Å². The van der Waals surface area contributed by atoms with Gasteiger partial charge in [0.25, 0.3) is 20.2 Å². The van der Waals surface area contributed by atoms with E-state index in [1.54, 1.807) is 0 Å². The molecule has 0 saturated heterocycles. The van der Waals surface area contributed by atoms with Gasteiger partial charge in [-0.05, 0) is 25.1 Å². The van der Waals surface area contributed by atoms with Crippen molar-refractivity contribution in [2.75, 3.05) is 5.73 Å². The van der Waals surface area contributed by atoms with Crippen LogP contribution in [0.2, 0.25) is 0 Å². The zero-order valence-electron chi connectivity index (χ0n) is 10.6. The van der Waals surface area contributed by atoms with Crippen LogP contribution in [-0.2, 0) is 20.2 Å². The van der Waals surface area contributed by atoms with Gasteiger partial charge in [0.15, 0.2) is 0 Å². The number of aromatic hydroxyl groups is 1.